The van der Waals surface area contributed by atoms with Gasteiger partial charge in [0, 0.05) is 25.2 Å². The van der Waals surface area contributed by atoms with Crippen molar-refractivity contribution in [3.8, 4) is 0 Å². The van der Waals surface area contributed by atoms with E-state index in [1.54, 1.807) is 0 Å². The van der Waals surface area contributed by atoms with E-state index < -0.39 is 0 Å². The summed E-state index contributed by atoms with van der Waals surface area (Å²) in [5.74, 6) is 3.87. The van der Waals surface area contributed by atoms with E-state index in [9.17, 15) is 14.4 Å². The smallest absolute Gasteiger partial charge is 0.145 e. The van der Waals surface area contributed by atoms with Gasteiger partial charge in [-0.3, -0.25) is 14.4 Å². The fourth-order valence-corrected chi connectivity index (χ4v) is 8.72. The number of fused-ring (bicyclic) bond motifs is 5. The number of ketones is 2. The summed E-state index contributed by atoms with van der Waals surface area (Å²) in [6.07, 6.45) is 11.8. The minimum absolute atomic E-state index is 0.00796. The number of hydrogen-bond acceptors (Lipinski definition) is 3. The van der Waals surface area contributed by atoms with E-state index in [1.165, 1.54) is 25.7 Å². The summed E-state index contributed by atoms with van der Waals surface area (Å²) in [6.45, 7) is 11.1. The van der Waals surface area contributed by atoms with Gasteiger partial charge in [0.15, 0.2) is 0 Å². The Kier molecular flexibility index (Phi) is 5.87. The quantitative estimate of drug-likeness (QED) is 0.400. The largest absolute Gasteiger partial charge is 0.300 e. The molecule has 166 valence electrons. The number of carbonyl (C=O) groups excluding carboxylic acids is 3. The molecule has 4 fully saturated rings. The van der Waals surface area contributed by atoms with Gasteiger partial charge in [-0.25, -0.2) is 0 Å². The molecule has 1 unspecified atom stereocenters. The average Bonchev–Trinajstić information content (AvgIpc) is 3.06. The van der Waals surface area contributed by atoms with Crippen LogP contribution >= 0.6 is 0 Å². The van der Waals surface area contributed by atoms with Crippen LogP contribution in [0.25, 0.3) is 0 Å². The minimum atomic E-state index is -0.00796. The summed E-state index contributed by atoms with van der Waals surface area (Å²) >= 11 is 0. The second-order valence-corrected chi connectivity index (χ2v) is 11.7. The van der Waals surface area contributed by atoms with Gasteiger partial charge in [0.2, 0.25) is 0 Å². The standard InChI is InChI=1S/C27H40O3/c1-17(16-28)6-5-7-18(2)21-8-9-22-20-15-25(30)24-14-19(29)10-12-27(24,4)23(20)11-13-26(21,22)3/h16,18,20-24H,1,5-15H2,2-4H3/t18-,20+,21-,22+,23+,24?,26-,27-/m1/s1. The lowest BCUT2D eigenvalue weighted by Gasteiger charge is -2.59. The lowest BCUT2D eigenvalue weighted by molar-refractivity contribution is -0.159. The zero-order valence-electron chi connectivity index (χ0n) is 19.3. The molecule has 0 N–H and O–H groups in total. The van der Waals surface area contributed by atoms with Crippen molar-refractivity contribution in [1.82, 2.24) is 0 Å². The van der Waals surface area contributed by atoms with Gasteiger partial charge >= 0.3 is 0 Å². The minimum Gasteiger partial charge on any atom is -0.300 e. The SMILES string of the molecule is C=C(C=O)CCC[C@@H](C)[C@H]1CC[C@H]2[C@@H]3CC(=O)C4CC(=O)CC[C@]4(C)[C@H]3CC[C@]12C. The van der Waals surface area contributed by atoms with Gasteiger partial charge in [0.05, 0.1) is 0 Å². The van der Waals surface area contributed by atoms with Crippen LogP contribution in [0.3, 0.4) is 0 Å². The molecule has 0 radical (unpaired) electrons. The molecule has 3 nitrogen and oxygen atoms in total. The molecule has 4 aliphatic rings. The third-order valence-corrected chi connectivity index (χ3v) is 10.4. The summed E-state index contributed by atoms with van der Waals surface area (Å²) in [6, 6.07) is 0. The lowest BCUT2D eigenvalue weighted by Crippen LogP contribution is -2.56. The van der Waals surface area contributed by atoms with E-state index in [1.807, 2.05) is 0 Å². The van der Waals surface area contributed by atoms with E-state index in [-0.39, 0.29) is 11.3 Å². The van der Waals surface area contributed by atoms with Gasteiger partial charge in [-0.15, -0.1) is 0 Å². The van der Waals surface area contributed by atoms with Crippen LogP contribution in [0.1, 0.15) is 91.4 Å². The molecule has 0 saturated heterocycles. The van der Waals surface area contributed by atoms with Gasteiger partial charge in [0.25, 0.3) is 0 Å². The molecule has 0 aromatic carbocycles. The van der Waals surface area contributed by atoms with Crippen molar-refractivity contribution in [3.63, 3.8) is 0 Å². The molecule has 3 heteroatoms. The first-order valence-electron chi connectivity index (χ1n) is 12.4. The van der Waals surface area contributed by atoms with Gasteiger partial charge in [-0.05, 0) is 90.9 Å². The Morgan fingerprint density at radius 1 is 1.10 bits per heavy atom. The lowest BCUT2D eigenvalue weighted by atomic mass is 9.44. The van der Waals surface area contributed by atoms with Crippen LogP contribution in [0.5, 0.6) is 0 Å². The first-order valence-corrected chi connectivity index (χ1v) is 12.4. The Labute approximate surface area is 182 Å². The predicted molar refractivity (Wildman–Crippen MR) is 119 cm³/mol. The summed E-state index contributed by atoms with van der Waals surface area (Å²) in [5, 5.41) is 0. The van der Waals surface area contributed by atoms with E-state index in [4.69, 9.17) is 0 Å². The molecule has 0 amide bonds. The summed E-state index contributed by atoms with van der Waals surface area (Å²) in [4.78, 5) is 36.1. The van der Waals surface area contributed by atoms with Crippen LogP contribution in [0, 0.1) is 46.3 Å². The molecule has 4 aliphatic carbocycles. The van der Waals surface area contributed by atoms with Crippen LogP contribution in [0.4, 0.5) is 0 Å². The maximum atomic E-state index is 13.2. The van der Waals surface area contributed by atoms with Crippen molar-refractivity contribution < 1.29 is 14.4 Å². The van der Waals surface area contributed by atoms with Crippen LogP contribution in [0.2, 0.25) is 0 Å². The molecule has 0 aliphatic heterocycles. The van der Waals surface area contributed by atoms with Crippen molar-refractivity contribution in [3.05, 3.63) is 12.2 Å². The molecule has 0 bridgehead atoms. The van der Waals surface area contributed by atoms with Crippen molar-refractivity contribution in [1.29, 1.82) is 0 Å². The highest BCUT2D eigenvalue weighted by molar-refractivity contribution is 5.90. The number of rotatable bonds is 6. The van der Waals surface area contributed by atoms with Gasteiger partial charge < -0.3 is 0 Å². The number of hydrogen-bond donors (Lipinski definition) is 0. The zero-order chi connectivity index (χ0) is 21.7. The normalized spacial score (nSPS) is 44.0. The Morgan fingerprint density at radius 2 is 1.83 bits per heavy atom. The molecule has 0 heterocycles. The Bertz CT molecular complexity index is 738. The van der Waals surface area contributed by atoms with Crippen molar-refractivity contribution >= 4 is 17.9 Å². The molecular formula is C27H40O3. The first-order chi connectivity index (χ1) is 14.2. The second kappa shape index (κ2) is 8.02. The van der Waals surface area contributed by atoms with Crippen LogP contribution < -0.4 is 0 Å². The highest BCUT2D eigenvalue weighted by Crippen LogP contribution is 2.67. The van der Waals surface area contributed by atoms with Crippen molar-refractivity contribution in [2.24, 2.45) is 46.3 Å². The predicted octanol–water partition coefficient (Wildman–Crippen LogP) is 5.95. The van der Waals surface area contributed by atoms with Crippen molar-refractivity contribution in [2.75, 3.05) is 0 Å². The molecule has 0 spiro atoms. The van der Waals surface area contributed by atoms with E-state index in [0.29, 0.717) is 59.1 Å². The van der Waals surface area contributed by atoms with Gasteiger partial charge in [-0.2, -0.15) is 0 Å². The fourth-order valence-electron chi connectivity index (χ4n) is 8.72. The Morgan fingerprint density at radius 3 is 2.57 bits per heavy atom. The van der Waals surface area contributed by atoms with E-state index in [2.05, 4.69) is 27.4 Å². The first kappa shape index (κ1) is 22.0. The topological polar surface area (TPSA) is 51.2 Å². The molecule has 8 atom stereocenters. The second-order valence-electron chi connectivity index (χ2n) is 11.7. The molecular weight excluding hydrogens is 372 g/mol. The highest BCUT2D eigenvalue weighted by atomic mass is 16.1. The molecule has 0 aromatic rings. The number of Topliss-reactive ketones (excluding diaryl/α,β-unsaturated/α-hetero) is 2. The van der Waals surface area contributed by atoms with Crippen LogP contribution in [-0.2, 0) is 14.4 Å². The van der Waals surface area contributed by atoms with Crippen molar-refractivity contribution in [2.45, 2.75) is 91.4 Å². The molecule has 4 saturated carbocycles. The Hall–Kier alpha value is -1.25. The van der Waals surface area contributed by atoms with Crippen LogP contribution in [-0.4, -0.2) is 17.9 Å². The molecule has 30 heavy (non-hydrogen) atoms. The third kappa shape index (κ3) is 3.45. The number of allylic oxidation sites excluding steroid dienone is 1. The Balaban J connectivity index is 1.49. The maximum absolute atomic E-state index is 13.2. The maximum Gasteiger partial charge on any atom is 0.145 e. The number of aldehydes is 1. The average molecular weight is 413 g/mol. The van der Waals surface area contributed by atoms with Gasteiger partial charge in [0.1, 0.15) is 17.9 Å². The molecule has 0 aromatic heterocycles. The monoisotopic (exact) mass is 412 g/mol. The summed E-state index contributed by atoms with van der Waals surface area (Å²) < 4.78 is 0. The van der Waals surface area contributed by atoms with E-state index >= 15 is 0 Å². The summed E-state index contributed by atoms with van der Waals surface area (Å²) in [5.41, 5.74) is 1.11. The summed E-state index contributed by atoms with van der Waals surface area (Å²) in [7, 11) is 0. The number of carbonyl (C=O) groups is 3. The third-order valence-electron chi connectivity index (χ3n) is 10.4. The zero-order valence-corrected chi connectivity index (χ0v) is 19.3. The van der Waals surface area contributed by atoms with Gasteiger partial charge in [-0.1, -0.05) is 33.8 Å². The fraction of sp³-hybridized carbons (Fsp3) is 0.815. The highest BCUT2D eigenvalue weighted by Gasteiger charge is 2.62. The van der Waals surface area contributed by atoms with Crippen LogP contribution in [0.15, 0.2) is 12.2 Å². The molecule has 4 rings (SSSR count). The van der Waals surface area contributed by atoms with E-state index in [0.717, 1.165) is 44.3 Å².